The van der Waals surface area contributed by atoms with Gasteiger partial charge in [0.05, 0.1) is 11.1 Å². The largest absolute Gasteiger partial charge is 0.426 e. The molecule has 0 bridgehead atoms. The van der Waals surface area contributed by atoms with Crippen molar-refractivity contribution in [2.45, 2.75) is 46.0 Å². The van der Waals surface area contributed by atoms with Crippen molar-refractivity contribution in [2.75, 3.05) is 6.54 Å². The summed E-state index contributed by atoms with van der Waals surface area (Å²) >= 11 is 0. The summed E-state index contributed by atoms with van der Waals surface area (Å²) in [6.45, 7) is 8.41. The number of rotatable bonds is 5. The molecule has 2 aromatic rings. The molecule has 1 heterocycles. The second-order valence-electron chi connectivity index (χ2n) is 8.13. The van der Waals surface area contributed by atoms with Crippen molar-refractivity contribution < 1.29 is 19.1 Å². The highest BCUT2D eigenvalue weighted by molar-refractivity contribution is 6.21. The molecule has 0 N–H and O–H groups in total. The van der Waals surface area contributed by atoms with Gasteiger partial charge in [-0.1, -0.05) is 50.6 Å². The van der Waals surface area contributed by atoms with Gasteiger partial charge < -0.3 is 4.74 Å². The van der Waals surface area contributed by atoms with E-state index < -0.39 is 0 Å². The van der Waals surface area contributed by atoms with Crippen LogP contribution < -0.4 is 4.74 Å². The second kappa shape index (κ2) is 7.58. The Morgan fingerprint density at radius 2 is 1.61 bits per heavy atom. The number of hydrogen-bond acceptors (Lipinski definition) is 4. The molecule has 0 unspecified atom stereocenters. The van der Waals surface area contributed by atoms with Crippen LogP contribution in [-0.4, -0.2) is 29.2 Å². The minimum Gasteiger partial charge on any atom is -0.426 e. The van der Waals surface area contributed by atoms with E-state index in [0.29, 0.717) is 23.3 Å². The zero-order chi connectivity index (χ0) is 20.5. The standard InChI is InChI=1S/C23H25NO4/c1-15-11-12-19(18(14-15)23(2,3)4)28-20(25)10-7-13-24-21(26)16-8-5-6-9-17(16)22(24)27/h5-6,8-9,11-12,14H,7,10,13H2,1-4H3. The summed E-state index contributed by atoms with van der Waals surface area (Å²) in [6, 6.07) is 12.5. The van der Waals surface area contributed by atoms with Crippen LogP contribution in [0.1, 0.15) is 65.5 Å². The third kappa shape index (κ3) is 3.98. The van der Waals surface area contributed by atoms with Crippen LogP contribution in [0.25, 0.3) is 0 Å². The predicted molar refractivity (Wildman–Crippen MR) is 107 cm³/mol. The van der Waals surface area contributed by atoms with Gasteiger partial charge in [-0.2, -0.15) is 0 Å². The van der Waals surface area contributed by atoms with E-state index in [1.54, 1.807) is 24.3 Å². The lowest BCUT2D eigenvalue weighted by atomic mass is 9.85. The third-order valence-corrected chi connectivity index (χ3v) is 4.81. The van der Waals surface area contributed by atoms with E-state index in [9.17, 15) is 14.4 Å². The van der Waals surface area contributed by atoms with Gasteiger partial charge in [-0.3, -0.25) is 19.3 Å². The maximum Gasteiger partial charge on any atom is 0.311 e. The van der Waals surface area contributed by atoms with Crippen molar-refractivity contribution in [1.29, 1.82) is 0 Å². The normalized spacial score (nSPS) is 13.6. The number of nitrogens with zero attached hydrogens (tertiary/aromatic N) is 1. The van der Waals surface area contributed by atoms with Gasteiger partial charge in [-0.05, 0) is 37.0 Å². The fourth-order valence-corrected chi connectivity index (χ4v) is 3.32. The average molecular weight is 379 g/mol. The predicted octanol–water partition coefficient (Wildman–Crippen LogP) is 4.27. The number of esters is 1. The van der Waals surface area contributed by atoms with Crippen LogP contribution >= 0.6 is 0 Å². The molecule has 146 valence electrons. The topological polar surface area (TPSA) is 63.7 Å². The SMILES string of the molecule is Cc1ccc(OC(=O)CCCN2C(=O)c3ccccc3C2=O)c(C(C)(C)C)c1. The summed E-state index contributed by atoms with van der Waals surface area (Å²) in [5, 5.41) is 0. The zero-order valence-electron chi connectivity index (χ0n) is 16.7. The fourth-order valence-electron chi connectivity index (χ4n) is 3.32. The lowest BCUT2D eigenvalue weighted by Gasteiger charge is -2.23. The maximum absolute atomic E-state index is 12.3. The molecule has 0 aliphatic carbocycles. The number of fused-ring (bicyclic) bond motifs is 1. The lowest BCUT2D eigenvalue weighted by molar-refractivity contribution is -0.134. The Hall–Kier alpha value is -2.95. The first-order valence-electron chi connectivity index (χ1n) is 9.45. The summed E-state index contributed by atoms with van der Waals surface area (Å²) in [7, 11) is 0. The average Bonchev–Trinajstić information content (AvgIpc) is 2.87. The first-order valence-corrected chi connectivity index (χ1v) is 9.45. The van der Waals surface area contributed by atoms with Crippen molar-refractivity contribution >= 4 is 17.8 Å². The van der Waals surface area contributed by atoms with Gasteiger partial charge >= 0.3 is 5.97 Å². The second-order valence-corrected chi connectivity index (χ2v) is 8.13. The summed E-state index contributed by atoms with van der Waals surface area (Å²) in [5.41, 5.74) is 2.77. The molecule has 2 amide bonds. The van der Waals surface area contributed by atoms with E-state index in [1.807, 2.05) is 25.1 Å². The van der Waals surface area contributed by atoms with Crippen LogP contribution in [0.2, 0.25) is 0 Å². The number of aryl methyl sites for hydroxylation is 1. The molecular formula is C23H25NO4. The number of ether oxygens (including phenoxy) is 1. The Morgan fingerprint density at radius 1 is 1.00 bits per heavy atom. The van der Waals surface area contributed by atoms with E-state index >= 15 is 0 Å². The van der Waals surface area contributed by atoms with Crippen molar-refractivity contribution in [2.24, 2.45) is 0 Å². The molecule has 5 nitrogen and oxygen atoms in total. The number of hydrogen-bond donors (Lipinski definition) is 0. The highest BCUT2D eigenvalue weighted by Crippen LogP contribution is 2.32. The van der Waals surface area contributed by atoms with Gasteiger partial charge in [0.15, 0.2) is 0 Å². The van der Waals surface area contributed by atoms with E-state index in [0.717, 1.165) is 11.1 Å². The quantitative estimate of drug-likeness (QED) is 0.442. The van der Waals surface area contributed by atoms with Crippen molar-refractivity contribution in [3.8, 4) is 5.75 Å². The monoisotopic (exact) mass is 379 g/mol. The van der Waals surface area contributed by atoms with Gasteiger partial charge in [0.2, 0.25) is 0 Å². The summed E-state index contributed by atoms with van der Waals surface area (Å²) in [5.74, 6) is -0.417. The molecule has 3 rings (SSSR count). The van der Waals surface area contributed by atoms with E-state index in [1.165, 1.54) is 4.90 Å². The molecular weight excluding hydrogens is 354 g/mol. The molecule has 0 aromatic heterocycles. The molecule has 0 radical (unpaired) electrons. The Labute approximate surface area is 165 Å². The number of benzene rings is 2. The van der Waals surface area contributed by atoms with Gasteiger partial charge in [0, 0.05) is 18.5 Å². The van der Waals surface area contributed by atoms with Crippen LogP contribution in [0.5, 0.6) is 5.75 Å². The molecule has 0 saturated carbocycles. The fraction of sp³-hybridized carbons (Fsp3) is 0.348. The van der Waals surface area contributed by atoms with E-state index in [2.05, 4.69) is 20.8 Å². The van der Waals surface area contributed by atoms with Gasteiger partial charge in [-0.15, -0.1) is 0 Å². The van der Waals surface area contributed by atoms with E-state index in [-0.39, 0.29) is 36.2 Å². The lowest BCUT2D eigenvalue weighted by Crippen LogP contribution is -2.31. The number of imide groups is 1. The summed E-state index contributed by atoms with van der Waals surface area (Å²) < 4.78 is 5.58. The molecule has 0 atom stereocenters. The molecule has 1 aliphatic rings. The summed E-state index contributed by atoms with van der Waals surface area (Å²) in [6.07, 6.45) is 0.492. The van der Waals surface area contributed by atoms with Crippen LogP contribution in [0.4, 0.5) is 0 Å². The summed E-state index contributed by atoms with van der Waals surface area (Å²) in [4.78, 5) is 38.2. The van der Waals surface area contributed by atoms with Gasteiger partial charge in [-0.25, -0.2) is 0 Å². The van der Waals surface area contributed by atoms with Crippen molar-refractivity contribution in [3.63, 3.8) is 0 Å². The molecule has 0 saturated heterocycles. The Morgan fingerprint density at radius 3 is 2.18 bits per heavy atom. The Kier molecular flexibility index (Phi) is 5.36. The van der Waals surface area contributed by atoms with Gasteiger partial charge in [0.1, 0.15) is 5.75 Å². The molecule has 5 heteroatoms. The molecule has 28 heavy (non-hydrogen) atoms. The number of carbonyl (C=O) groups is 3. The minimum atomic E-state index is -0.369. The zero-order valence-corrected chi connectivity index (χ0v) is 16.7. The molecule has 0 fully saturated rings. The van der Waals surface area contributed by atoms with Crippen LogP contribution in [0.15, 0.2) is 42.5 Å². The molecule has 0 spiro atoms. The first kappa shape index (κ1) is 19.8. The van der Waals surface area contributed by atoms with Crippen LogP contribution in [0, 0.1) is 6.92 Å². The maximum atomic E-state index is 12.3. The van der Waals surface area contributed by atoms with Crippen LogP contribution in [0.3, 0.4) is 0 Å². The highest BCUT2D eigenvalue weighted by atomic mass is 16.5. The van der Waals surface area contributed by atoms with E-state index in [4.69, 9.17) is 4.74 Å². The Balaban J connectivity index is 1.59. The van der Waals surface area contributed by atoms with Gasteiger partial charge in [0.25, 0.3) is 11.8 Å². The first-order chi connectivity index (χ1) is 13.2. The van der Waals surface area contributed by atoms with Crippen molar-refractivity contribution in [3.05, 3.63) is 64.7 Å². The molecule has 1 aliphatic heterocycles. The third-order valence-electron chi connectivity index (χ3n) is 4.81. The molecule has 2 aromatic carbocycles. The highest BCUT2D eigenvalue weighted by Gasteiger charge is 2.34. The number of amides is 2. The minimum absolute atomic E-state index is 0.130. The van der Waals surface area contributed by atoms with Crippen molar-refractivity contribution in [1.82, 2.24) is 4.90 Å². The van der Waals surface area contributed by atoms with Crippen LogP contribution in [-0.2, 0) is 10.2 Å². The Bertz CT molecular complexity index is 905. The smallest absolute Gasteiger partial charge is 0.311 e. The number of carbonyl (C=O) groups excluding carboxylic acids is 3.